The Kier molecular flexibility index (Phi) is 5.71. The second kappa shape index (κ2) is 8.80. The van der Waals surface area contributed by atoms with Gasteiger partial charge in [0.25, 0.3) is 5.56 Å². The summed E-state index contributed by atoms with van der Waals surface area (Å²) in [5.41, 5.74) is 2.97. The van der Waals surface area contributed by atoms with E-state index >= 15 is 0 Å². The summed E-state index contributed by atoms with van der Waals surface area (Å²) in [4.78, 5) is 26.7. The number of pyridine rings is 1. The molecule has 0 radical (unpaired) electrons. The van der Waals surface area contributed by atoms with E-state index in [0.29, 0.717) is 33.6 Å². The molecule has 0 atom stereocenters. The van der Waals surface area contributed by atoms with Crippen molar-refractivity contribution in [1.82, 2.24) is 24.7 Å². The number of H-pyrrole nitrogens is 1. The average molecular weight is 470 g/mol. The highest BCUT2D eigenvalue weighted by atomic mass is 35.5. The Morgan fingerprint density at radius 2 is 1.88 bits per heavy atom. The fourth-order valence-electron chi connectivity index (χ4n) is 4.09. The van der Waals surface area contributed by atoms with Gasteiger partial charge in [-0.1, -0.05) is 29.3 Å². The minimum atomic E-state index is -0.208. The van der Waals surface area contributed by atoms with Gasteiger partial charge >= 0.3 is 0 Å². The number of nitrogens with one attached hydrogen (secondary N) is 2. The molecule has 1 aromatic carbocycles. The molecule has 1 aliphatic rings. The molecule has 1 fully saturated rings. The maximum atomic E-state index is 12.9. The second-order valence-corrected chi connectivity index (χ2v) is 8.58. The predicted molar refractivity (Wildman–Crippen MR) is 127 cm³/mol. The SMILES string of the molecule is O=c1[nH]c(NCc2ccc(Cl)c(Cl)c2)nc2cnn(C3CCN(c4ccncc4)CC3)c12. The van der Waals surface area contributed by atoms with Crippen LogP contribution in [0.2, 0.25) is 10.0 Å². The molecule has 4 heterocycles. The van der Waals surface area contributed by atoms with Crippen molar-refractivity contribution in [2.24, 2.45) is 0 Å². The zero-order valence-corrected chi connectivity index (χ0v) is 18.6. The number of hydrogen-bond donors (Lipinski definition) is 2. The van der Waals surface area contributed by atoms with Gasteiger partial charge in [-0.3, -0.25) is 19.4 Å². The van der Waals surface area contributed by atoms with Crippen LogP contribution < -0.4 is 15.8 Å². The van der Waals surface area contributed by atoms with Crippen LogP contribution >= 0.6 is 23.2 Å². The first-order valence-electron chi connectivity index (χ1n) is 10.4. The zero-order valence-electron chi connectivity index (χ0n) is 17.1. The summed E-state index contributed by atoms with van der Waals surface area (Å²) in [6.45, 7) is 2.24. The first-order valence-corrected chi connectivity index (χ1v) is 11.1. The van der Waals surface area contributed by atoms with Gasteiger partial charge in [-0.05, 0) is 42.7 Å². The number of anilines is 2. The summed E-state index contributed by atoms with van der Waals surface area (Å²) in [5, 5.41) is 8.63. The van der Waals surface area contributed by atoms with Crippen LogP contribution in [0.1, 0.15) is 24.4 Å². The molecule has 0 amide bonds. The molecule has 1 saturated heterocycles. The maximum absolute atomic E-state index is 12.9. The summed E-state index contributed by atoms with van der Waals surface area (Å²) in [7, 11) is 0. The lowest BCUT2D eigenvalue weighted by Gasteiger charge is -2.33. The van der Waals surface area contributed by atoms with Crippen molar-refractivity contribution >= 4 is 45.9 Å². The third-order valence-corrected chi connectivity index (χ3v) is 6.48. The number of rotatable bonds is 5. The standard InChI is InChI=1S/C22H21Cl2N7O/c23-17-2-1-14(11-18(17)24)12-26-22-28-19-13-27-31(20(19)21(32)29-22)16-5-9-30(10-6-16)15-3-7-25-8-4-15/h1-4,7-8,11,13,16H,5-6,9-10,12H2,(H2,26,28,29,32). The smallest absolute Gasteiger partial charge is 0.278 e. The van der Waals surface area contributed by atoms with E-state index in [1.165, 1.54) is 5.69 Å². The minimum Gasteiger partial charge on any atom is -0.371 e. The summed E-state index contributed by atoms with van der Waals surface area (Å²) in [6, 6.07) is 9.58. The third kappa shape index (κ3) is 4.16. The maximum Gasteiger partial charge on any atom is 0.278 e. The molecule has 4 aromatic rings. The van der Waals surface area contributed by atoms with Gasteiger partial charge in [0, 0.05) is 37.7 Å². The summed E-state index contributed by atoms with van der Waals surface area (Å²) >= 11 is 12.0. The largest absolute Gasteiger partial charge is 0.371 e. The number of halogens is 2. The Balaban J connectivity index is 1.31. The van der Waals surface area contributed by atoms with E-state index in [4.69, 9.17) is 23.2 Å². The lowest BCUT2D eigenvalue weighted by Crippen LogP contribution is -2.35. The molecule has 32 heavy (non-hydrogen) atoms. The van der Waals surface area contributed by atoms with Gasteiger partial charge in [-0.25, -0.2) is 4.98 Å². The molecule has 164 valence electrons. The monoisotopic (exact) mass is 469 g/mol. The van der Waals surface area contributed by atoms with Crippen molar-refractivity contribution in [3.05, 3.63) is 74.9 Å². The van der Waals surface area contributed by atoms with Crippen molar-refractivity contribution < 1.29 is 0 Å². The van der Waals surface area contributed by atoms with Crippen molar-refractivity contribution in [3.63, 3.8) is 0 Å². The van der Waals surface area contributed by atoms with Crippen molar-refractivity contribution in [3.8, 4) is 0 Å². The van der Waals surface area contributed by atoms with Crippen LogP contribution in [0, 0.1) is 0 Å². The molecule has 2 N–H and O–H groups in total. The van der Waals surface area contributed by atoms with Crippen LogP contribution in [0.25, 0.3) is 11.0 Å². The van der Waals surface area contributed by atoms with E-state index in [1.807, 2.05) is 22.9 Å². The van der Waals surface area contributed by atoms with E-state index in [1.54, 1.807) is 30.7 Å². The van der Waals surface area contributed by atoms with Crippen molar-refractivity contribution in [2.45, 2.75) is 25.4 Å². The van der Waals surface area contributed by atoms with Gasteiger partial charge in [0.1, 0.15) is 5.52 Å². The summed E-state index contributed by atoms with van der Waals surface area (Å²) in [6.07, 6.45) is 7.07. The molecule has 0 unspecified atom stereocenters. The van der Waals surface area contributed by atoms with Crippen LogP contribution in [0.5, 0.6) is 0 Å². The van der Waals surface area contributed by atoms with Crippen LogP contribution in [-0.2, 0) is 6.54 Å². The quantitative estimate of drug-likeness (QED) is 0.453. The fraction of sp³-hybridized carbons (Fsp3) is 0.273. The van der Waals surface area contributed by atoms with Gasteiger partial charge in [-0.15, -0.1) is 0 Å². The number of piperidine rings is 1. The molecule has 1 aliphatic heterocycles. The van der Waals surface area contributed by atoms with E-state index in [9.17, 15) is 4.79 Å². The van der Waals surface area contributed by atoms with Crippen LogP contribution in [0.3, 0.4) is 0 Å². The number of hydrogen-bond acceptors (Lipinski definition) is 6. The van der Waals surface area contributed by atoms with Crippen molar-refractivity contribution in [2.75, 3.05) is 23.3 Å². The Bertz CT molecular complexity index is 1300. The van der Waals surface area contributed by atoms with E-state index in [-0.39, 0.29) is 11.6 Å². The fourth-order valence-corrected chi connectivity index (χ4v) is 4.41. The summed E-state index contributed by atoms with van der Waals surface area (Å²) in [5.74, 6) is 0.389. The van der Waals surface area contributed by atoms with Gasteiger partial charge in [0.15, 0.2) is 5.52 Å². The highest BCUT2D eigenvalue weighted by Gasteiger charge is 2.24. The zero-order chi connectivity index (χ0) is 22.1. The minimum absolute atomic E-state index is 0.156. The number of aromatic nitrogens is 5. The molecule has 10 heteroatoms. The Morgan fingerprint density at radius 3 is 2.62 bits per heavy atom. The molecule has 0 aliphatic carbocycles. The van der Waals surface area contributed by atoms with Crippen LogP contribution in [0.4, 0.5) is 11.6 Å². The van der Waals surface area contributed by atoms with E-state index in [2.05, 4.69) is 30.3 Å². The van der Waals surface area contributed by atoms with Gasteiger partial charge in [0.05, 0.1) is 22.3 Å². The second-order valence-electron chi connectivity index (χ2n) is 7.76. The van der Waals surface area contributed by atoms with E-state index in [0.717, 1.165) is 31.5 Å². The number of nitrogens with zero attached hydrogens (tertiary/aromatic N) is 5. The van der Waals surface area contributed by atoms with Gasteiger partial charge in [-0.2, -0.15) is 5.10 Å². The predicted octanol–water partition coefficient (Wildman–Crippen LogP) is 4.28. The Labute approximate surface area is 194 Å². The lowest BCUT2D eigenvalue weighted by molar-refractivity contribution is 0.375. The van der Waals surface area contributed by atoms with Crippen molar-refractivity contribution in [1.29, 1.82) is 0 Å². The normalized spacial score (nSPS) is 14.8. The summed E-state index contributed by atoms with van der Waals surface area (Å²) < 4.78 is 1.83. The number of benzene rings is 1. The van der Waals surface area contributed by atoms with Crippen LogP contribution in [0.15, 0.2) is 53.7 Å². The first kappa shape index (κ1) is 20.8. The highest BCUT2D eigenvalue weighted by molar-refractivity contribution is 6.42. The van der Waals surface area contributed by atoms with E-state index < -0.39 is 0 Å². The number of fused-ring (bicyclic) bond motifs is 1. The molecule has 0 spiro atoms. The molecule has 5 rings (SSSR count). The molecule has 0 saturated carbocycles. The lowest BCUT2D eigenvalue weighted by atomic mass is 10.0. The third-order valence-electron chi connectivity index (χ3n) is 5.74. The van der Waals surface area contributed by atoms with Gasteiger partial charge < -0.3 is 10.2 Å². The Morgan fingerprint density at radius 1 is 1.09 bits per heavy atom. The Hall–Kier alpha value is -3.10. The topological polar surface area (TPSA) is 91.7 Å². The molecular weight excluding hydrogens is 449 g/mol. The first-order chi connectivity index (χ1) is 15.6. The average Bonchev–Trinajstić information content (AvgIpc) is 3.25. The number of aromatic amines is 1. The van der Waals surface area contributed by atoms with Gasteiger partial charge in [0.2, 0.25) is 5.95 Å². The highest BCUT2D eigenvalue weighted by Crippen LogP contribution is 2.27. The molecule has 8 nitrogen and oxygen atoms in total. The molecular formula is C22H21Cl2N7O. The molecule has 3 aromatic heterocycles. The molecule has 0 bridgehead atoms. The van der Waals surface area contributed by atoms with Crippen LogP contribution in [-0.4, -0.2) is 37.8 Å².